The summed E-state index contributed by atoms with van der Waals surface area (Å²) in [6, 6.07) is 0. The van der Waals surface area contributed by atoms with Crippen molar-refractivity contribution in [2.45, 2.75) is 13.8 Å². The fourth-order valence-corrected chi connectivity index (χ4v) is 0.407. The number of rotatable bonds is 5. The van der Waals surface area contributed by atoms with Gasteiger partial charge in [-0.1, -0.05) is 0 Å². The van der Waals surface area contributed by atoms with Crippen LogP contribution in [0.3, 0.4) is 0 Å². The van der Waals surface area contributed by atoms with Crippen molar-refractivity contribution >= 4 is 29.6 Å². The first-order valence-corrected chi connectivity index (χ1v) is 3.07. The molecule has 2 nitrogen and oxygen atoms in total. The van der Waals surface area contributed by atoms with Crippen molar-refractivity contribution in [3.05, 3.63) is 0 Å². The molecule has 0 aliphatic carbocycles. The Morgan fingerprint density at radius 2 is 1.22 bits per heavy atom. The topological polar surface area (TPSA) is 18.5 Å². The SMILES string of the molecule is CCOCCOCC.[NaH]. The van der Waals surface area contributed by atoms with Crippen molar-refractivity contribution in [1.82, 2.24) is 0 Å². The van der Waals surface area contributed by atoms with E-state index in [1.807, 2.05) is 13.8 Å². The third kappa shape index (κ3) is 12.2. The summed E-state index contributed by atoms with van der Waals surface area (Å²) in [5.74, 6) is 0. The van der Waals surface area contributed by atoms with Gasteiger partial charge >= 0.3 is 29.6 Å². The van der Waals surface area contributed by atoms with Crippen molar-refractivity contribution in [2.24, 2.45) is 0 Å². The van der Waals surface area contributed by atoms with Crippen LogP contribution in [-0.4, -0.2) is 56.0 Å². The van der Waals surface area contributed by atoms with Gasteiger partial charge in [0.25, 0.3) is 0 Å². The standard InChI is InChI=1S/C6H14O2.Na.H/c1-3-7-5-6-8-4-2;;/h3-6H2,1-2H3;;. The third-order valence-electron chi connectivity index (χ3n) is 0.780. The quantitative estimate of drug-likeness (QED) is 0.409. The molecule has 0 spiro atoms. The van der Waals surface area contributed by atoms with Crippen LogP contribution in [0, 0.1) is 0 Å². The van der Waals surface area contributed by atoms with Gasteiger partial charge in [-0.25, -0.2) is 0 Å². The Labute approximate surface area is 79.2 Å². The van der Waals surface area contributed by atoms with Gasteiger partial charge in [-0.2, -0.15) is 0 Å². The Balaban J connectivity index is 0. The summed E-state index contributed by atoms with van der Waals surface area (Å²) >= 11 is 0. The van der Waals surface area contributed by atoms with Crippen LogP contribution >= 0.6 is 0 Å². The number of ether oxygens (including phenoxy) is 2. The Morgan fingerprint density at radius 1 is 0.889 bits per heavy atom. The molecule has 0 radical (unpaired) electrons. The number of hydrogen-bond donors (Lipinski definition) is 0. The van der Waals surface area contributed by atoms with E-state index in [2.05, 4.69) is 0 Å². The average molecular weight is 142 g/mol. The maximum atomic E-state index is 5.01. The first-order chi connectivity index (χ1) is 3.91. The van der Waals surface area contributed by atoms with Crippen LogP contribution in [-0.2, 0) is 9.47 Å². The molecule has 0 N–H and O–H groups in total. The van der Waals surface area contributed by atoms with E-state index in [1.165, 1.54) is 0 Å². The molecular formula is C6H15NaO2. The molecule has 0 atom stereocenters. The fourth-order valence-electron chi connectivity index (χ4n) is 0.407. The van der Waals surface area contributed by atoms with E-state index in [4.69, 9.17) is 9.47 Å². The van der Waals surface area contributed by atoms with Gasteiger partial charge in [0.2, 0.25) is 0 Å². The molecule has 0 saturated carbocycles. The molecule has 52 valence electrons. The predicted molar refractivity (Wildman–Crippen MR) is 40.1 cm³/mol. The predicted octanol–water partition coefficient (Wildman–Crippen LogP) is 0.411. The van der Waals surface area contributed by atoms with Gasteiger partial charge in [0.05, 0.1) is 13.2 Å². The molecule has 0 amide bonds. The molecule has 0 heterocycles. The Hall–Kier alpha value is 0.920. The fraction of sp³-hybridized carbons (Fsp3) is 1.00. The summed E-state index contributed by atoms with van der Waals surface area (Å²) in [6.07, 6.45) is 0. The van der Waals surface area contributed by atoms with Crippen molar-refractivity contribution < 1.29 is 9.47 Å². The van der Waals surface area contributed by atoms with Crippen LogP contribution in [0.2, 0.25) is 0 Å². The van der Waals surface area contributed by atoms with Gasteiger partial charge in [-0.3, -0.25) is 0 Å². The number of hydrogen-bond acceptors (Lipinski definition) is 2. The van der Waals surface area contributed by atoms with Gasteiger partial charge in [0.15, 0.2) is 0 Å². The van der Waals surface area contributed by atoms with E-state index < -0.39 is 0 Å². The van der Waals surface area contributed by atoms with Crippen LogP contribution in [0.4, 0.5) is 0 Å². The Morgan fingerprint density at radius 3 is 1.44 bits per heavy atom. The van der Waals surface area contributed by atoms with Crippen LogP contribution < -0.4 is 0 Å². The van der Waals surface area contributed by atoms with Crippen molar-refractivity contribution in [3.63, 3.8) is 0 Å². The summed E-state index contributed by atoms with van der Waals surface area (Å²) in [6.45, 7) is 6.98. The Kier molecular flexibility index (Phi) is 16.3. The summed E-state index contributed by atoms with van der Waals surface area (Å²) in [4.78, 5) is 0. The van der Waals surface area contributed by atoms with E-state index in [-0.39, 0.29) is 29.6 Å². The summed E-state index contributed by atoms with van der Waals surface area (Å²) in [7, 11) is 0. The third-order valence-corrected chi connectivity index (χ3v) is 0.780. The second-order valence-corrected chi connectivity index (χ2v) is 1.39. The molecule has 0 fully saturated rings. The molecule has 0 aromatic heterocycles. The van der Waals surface area contributed by atoms with E-state index >= 15 is 0 Å². The van der Waals surface area contributed by atoms with Crippen molar-refractivity contribution in [1.29, 1.82) is 0 Å². The summed E-state index contributed by atoms with van der Waals surface area (Å²) in [5, 5.41) is 0. The first-order valence-electron chi connectivity index (χ1n) is 3.07. The van der Waals surface area contributed by atoms with E-state index in [0.717, 1.165) is 26.4 Å². The molecular weight excluding hydrogens is 127 g/mol. The zero-order chi connectivity index (χ0) is 6.24. The van der Waals surface area contributed by atoms with E-state index in [1.54, 1.807) is 0 Å². The second-order valence-electron chi connectivity index (χ2n) is 1.39. The monoisotopic (exact) mass is 142 g/mol. The van der Waals surface area contributed by atoms with E-state index in [0.29, 0.717) is 0 Å². The van der Waals surface area contributed by atoms with Gasteiger partial charge < -0.3 is 9.47 Å². The average Bonchev–Trinajstić information content (AvgIpc) is 1.81. The van der Waals surface area contributed by atoms with Gasteiger partial charge in [-0.15, -0.1) is 0 Å². The van der Waals surface area contributed by atoms with Crippen molar-refractivity contribution in [3.8, 4) is 0 Å². The van der Waals surface area contributed by atoms with Crippen LogP contribution in [0.1, 0.15) is 13.8 Å². The zero-order valence-electron chi connectivity index (χ0n) is 5.64. The molecule has 0 saturated heterocycles. The minimum atomic E-state index is 0. The molecule has 0 bridgehead atoms. The van der Waals surface area contributed by atoms with Gasteiger partial charge in [0.1, 0.15) is 0 Å². The normalized spacial score (nSPS) is 8.67. The second kappa shape index (κ2) is 11.7. The van der Waals surface area contributed by atoms with Crippen LogP contribution in [0.5, 0.6) is 0 Å². The van der Waals surface area contributed by atoms with Crippen LogP contribution in [0.25, 0.3) is 0 Å². The van der Waals surface area contributed by atoms with Crippen LogP contribution in [0.15, 0.2) is 0 Å². The molecule has 0 aliphatic rings. The zero-order valence-corrected chi connectivity index (χ0v) is 5.64. The molecule has 0 unspecified atom stereocenters. The van der Waals surface area contributed by atoms with Crippen molar-refractivity contribution in [2.75, 3.05) is 26.4 Å². The molecule has 0 aromatic rings. The maximum absolute atomic E-state index is 5.01. The van der Waals surface area contributed by atoms with Gasteiger partial charge in [0, 0.05) is 13.2 Å². The molecule has 0 rings (SSSR count). The molecule has 0 aromatic carbocycles. The minimum absolute atomic E-state index is 0. The molecule has 3 heteroatoms. The van der Waals surface area contributed by atoms with E-state index in [9.17, 15) is 0 Å². The van der Waals surface area contributed by atoms with Gasteiger partial charge in [-0.05, 0) is 13.8 Å². The first kappa shape index (κ1) is 12.6. The summed E-state index contributed by atoms with van der Waals surface area (Å²) < 4.78 is 10.0. The molecule has 0 aliphatic heterocycles. The Bertz CT molecular complexity index is 36.0. The summed E-state index contributed by atoms with van der Waals surface area (Å²) in [5.41, 5.74) is 0. The molecule has 9 heavy (non-hydrogen) atoms.